The Kier molecular flexibility index (Phi) is 7.72. The molecular formula is C19H19F3N2O2S. The standard InChI is InChI=1S/C19H19F3N2O2S/c1-2-17(27-13-14-6-4-9-23-10-8-14)18(25)24-12-15-5-3-7-16(11-15)26-19(20,21)22/h2-5,7-11H,6,12-13H2,1H3,(H,24,25)/b17-2-. The Morgan fingerprint density at radius 1 is 1.41 bits per heavy atom. The lowest BCUT2D eigenvalue weighted by molar-refractivity contribution is -0.274. The minimum atomic E-state index is -4.75. The van der Waals surface area contributed by atoms with Crippen molar-refractivity contribution in [2.45, 2.75) is 26.3 Å². The summed E-state index contributed by atoms with van der Waals surface area (Å²) in [6.07, 6.45) is 5.05. The molecule has 1 N–H and O–H groups in total. The van der Waals surface area contributed by atoms with Gasteiger partial charge in [0.15, 0.2) is 0 Å². The van der Waals surface area contributed by atoms with Gasteiger partial charge in [-0.1, -0.05) is 29.9 Å². The molecule has 0 spiro atoms. The molecule has 144 valence electrons. The Morgan fingerprint density at radius 2 is 2.22 bits per heavy atom. The number of alkyl halides is 3. The van der Waals surface area contributed by atoms with Gasteiger partial charge in [0.25, 0.3) is 5.91 Å². The van der Waals surface area contributed by atoms with Crippen molar-refractivity contribution < 1.29 is 22.7 Å². The number of allylic oxidation sites excluding steroid dienone is 3. The third-order valence-corrected chi connectivity index (χ3v) is 4.70. The molecule has 1 aromatic rings. The van der Waals surface area contributed by atoms with Crippen LogP contribution in [0.15, 0.2) is 64.2 Å². The number of amides is 1. The molecule has 0 saturated heterocycles. The van der Waals surface area contributed by atoms with E-state index in [1.807, 2.05) is 12.2 Å². The van der Waals surface area contributed by atoms with Crippen molar-refractivity contribution in [1.29, 1.82) is 0 Å². The first-order valence-electron chi connectivity index (χ1n) is 8.15. The van der Waals surface area contributed by atoms with Gasteiger partial charge in [-0.05, 0) is 37.1 Å². The normalized spacial score (nSPS) is 14.5. The summed E-state index contributed by atoms with van der Waals surface area (Å²) >= 11 is 1.40. The van der Waals surface area contributed by atoms with Crippen molar-refractivity contribution in [1.82, 2.24) is 5.32 Å². The number of hydrogen-bond acceptors (Lipinski definition) is 4. The maximum Gasteiger partial charge on any atom is 0.573 e. The van der Waals surface area contributed by atoms with E-state index >= 15 is 0 Å². The van der Waals surface area contributed by atoms with Crippen LogP contribution >= 0.6 is 11.8 Å². The van der Waals surface area contributed by atoms with Crippen molar-refractivity contribution >= 4 is 23.9 Å². The second kappa shape index (κ2) is 10.0. The number of thioether (sulfide) groups is 1. The van der Waals surface area contributed by atoms with E-state index in [1.165, 1.54) is 30.0 Å². The molecule has 1 aromatic carbocycles. The van der Waals surface area contributed by atoms with Crippen molar-refractivity contribution in [3.8, 4) is 5.75 Å². The first-order chi connectivity index (χ1) is 12.9. The van der Waals surface area contributed by atoms with Gasteiger partial charge in [-0.3, -0.25) is 9.79 Å². The van der Waals surface area contributed by atoms with Gasteiger partial charge < -0.3 is 10.1 Å². The maximum atomic E-state index is 12.3. The average molecular weight is 396 g/mol. The van der Waals surface area contributed by atoms with E-state index in [1.54, 1.807) is 31.5 Å². The third-order valence-electron chi connectivity index (χ3n) is 3.45. The third kappa shape index (κ3) is 7.74. The lowest BCUT2D eigenvalue weighted by Gasteiger charge is -2.12. The quantitative estimate of drug-likeness (QED) is 0.677. The number of hydrogen-bond donors (Lipinski definition) is 1. The Bertz CT molecular complexity index is 783. The van der Waals surface area contributed by atoms with Gasteiger partial charge in [-0.2, -0.15) is 0 Å². The molecular weight excluding hydrogens is 377 g/mol. The van der Waals surface area contributed by atoms with Gasteiger partial charge in [-0.25, -0.2) is 0 Å². The van der Waals surface area contributed by atoms with Crippen molar-refractivity contribution in [3.63, 3.8) is 0 Å². The number of aliphatic imine (C=N–C) groups is 1. The zero-order chi connectivity index (χ0) is 19.7. The fraction of sp³-hybridized carbons (Fsp3) is 0.263. The number of carbonyl (C=O) groups is 1. The van der Waals surface area contributed by atoms with Crippen LogP contribution < -0.4 is 10.1 Å². The minimum Gasteiger partial charge on any atom is -0.406 e. The number of nitrogens with zero attached hydrogens (tertiary/aromatic N) is 1. The summed E-state index contributed by atoms with van der Waals surface area (Å²) in [5, 5.41) is 2.72. The summed E-state index contributed by atoms with van der Waals surface area (Å²) in [4.78, 5) is 16.9. The van der Waals surface area contributed by atoms with Crippen molar-refractivity contribution in [3.05, 3.63) is 64.7 Å². The highest BCUT2D eigenvalue weighted by atomic mass is 32.2. The molecule has 0 atom stereocenters. The van der Waals surface area contributed by atoms with E-state index in [9.17, 15) is 18.0 Å². The molecule has 1 heterocycles. The molecule has 4 nitrogen and oxygen atoms in total. The van der Waals surface area contributed by atoms with Crippen molar-refractivity contribution in [2.24, 2.45) is 4.99 Å². The summed E-state index contributed by atoms with van der Waals surface area (Å²) in [7, 11) is 0. The fourth-order valence-corrected chi connectivity index (χ4v) is 3.14. The van der Waals surface area contributed by atoms with Gasteiger partial charge in [0, 0.05) is 24.7 Å². The van der Waals surface area contributed by atoms with E-state index < -0.39 is 6.36 Å². The van der Waals surface area contributed by atoms with Crippen LogP contribution in [0.25, 0.3) is 0 Å². The van der Waals surface area contributed by atoms with E-state index in [0.717, 1.165) is 12.0 Å². The van der Waals surface area contributed by atoms with Gasteiger partial charge in [0.05, 0.1) is 4.91 Å². The summed E-state index contributed by atoms with van der Waals surface area (Å²) in [5.41, 5.74) is 1.65. The SMILES string of the molecule is C/C=C(\SCC1=CC=NC=CC1)C(=O)NCc1cccc(OC(F)(F)F)c1. The first kappa shape index (κ1) is 20.8. The van der Waals surface area contributed by atoms with Crippen LogP contribution in [0.4, 0.5) is 13.2 Å². The van der Waals surface area contributed by atoms with Crippen LogP contribution in [0.2, 0.25) is 0 Å². The highest BCUT2D eigenvalue weighted by molar-refractivity contribution is 8.04. The number of nitrogens with one attached hydrogen (secondary N) is 1. The number of halogens is 3. The molecule has 1 aliphatic heterocycles. The molecule has 1 aliphatic rings. The lowest BCUT2D eigenvalue weighted by atomic mass is 10.2. The number of rotatable bonds is 7. The minimum absolute atomic E-state index is 0.101. The van der Waals surface area contributed by atoms with Gasteiger partial charge in [-0.15, -0.1) is 24.9 Å². The van der Waals surface area contributed by atoms with E-state index in [0.29, 0.717) is 16.2 Å². The topological polar surface area (TPSA) is 50.7 Å². The van der Waals surface area contributed by atoms with Crippen LogP contribution in [0, 0.1) is 0 Å². The second-order valence-electron chi connectivity index (χ2n) is 5.53. The van der Waals surface area contributed by atoms with Crippen LogP contribution in [-0.2, 0) is 11.3 Å². The molecule has 2 rings (SSSR count). The van der Waals surface area contributed by atoms with Gasteiger partial charge >= 0.3 is 6.36 Å². The van der Waals surface area contributed by atoms with E-state index in [2.05, 4.69) is 15.0 Å². The Hall–Kier alpha value is -2.48. The summed E-state index contributed by atoms with van der Waals surface area (Å²) in [5.74, 6) is 0.0613. The van der Waals surface area contributed by atoms with E-state index in [4.69, 9.17) is 0 Å². The fourth-order valence-electron chi connectivity index (χ4n) is 2.21. The second-order valence-corrected chi connectivity index (χ2v) is 6.55. The predicted molar refractivity (Wildman–Crippen MR) is 102 cm³/mol. The molecule has 0 bridgehead atoms. The molecule has 0 saturated carbocycles. The number of benzene rings is 1. The molecule has 0 unspecified atom stereocenters. The number of carbonyl (C=O) groups excluding carboxylic acids is 1. The molecule has 1 amide bonds. The average Bonchev–Trinajstić information content (AvgIpc) is 2.88. The van der Waals surface area contributed by atoms with Crippen LogP contribution in [0.3, 0.4) is 0 Å². The molecule has 0 fully saturated rings. The van der Waals surface area contributed by atoms with Crippen LogP contribution in [0.5, 0.6) is 5.75 Å². The Morgan fingerprint density at radius 3 is 2.96 bits per heavy atom. The first-order valence-corrected chi connectivity index (χ1v) is 9.14. The van der Waals surface area contributed by atoms with Gasteiger partial charge in [0.2, 0.25) is 0 Å². The summed E-state index contributed by atoms with van der Waals surface area (Å²) < 4.78 is 40.7. The number of ether oxygens (including phenoxy) is 1. The monoisotopic (exact) mass is 396 g/mol. The highest BCUT2D eigenvalue weighted by Gasteiger charge is 2.31. The largest absolute Gasteiger partial charge is 0.573 e. The molecule has 0 aliphatic carbocycles. The summed E-state index contributed by atoms with van der Waals surface area (Å²) in [6.45, 7) is 1.87. The Labute approximate surface area is 159 Å². The molecule has 0 radical (unpaired) electrons. The van der Waals surface area contributed by atoms with E-state index in [-0.39, 0.29) is 18.2 Å². The zero-order valence-electron chi connectivity index (χ0n) is 14.6. The maximum absolute atomic E-state index is 12.3. The highest BCUT2D eigenvalue weighted by Crippen LogP contribution is 2.24. The predicted octanol–water partition coefficient (Wildman–Crippen LogP) is 4.75. The molecule has 0 aromatic heterocycles. The molecule has 8 heteroatoms. The molecule has 27 heavy (non-hydrogen) atoms. The van der Waals surface area contributed by atoms with Crippen molar-refractivity contribution in [2.75, 3.05) is 5.75 Å². The van der Waals surface area contributed by atoms with Gasteiger partial charge in [0.1, 0.15) is 5.75 Å². The van der Waals surface area contributed by atoms with Crippen LogP contribution in [0.1, 0.15) is 18.9 Å². The lowest BCUT2D eigenvalue weighted by Crippen LogP contribution is -2.24. The Balaban J connectivity index is 1.88. The van der Waals surface area contributed by atoms with Crippen LogP contribution in [-0.4, -0.2) is 24.2 Å². The summed E-state index contributed by atoms with van der Waals surface area (Å²) in [6, 6.07) is 5.53. The smallest absolute Gasteiger partial charge is 0.406 e. The zero-order valence-corrected chi connectivity index (χ0v) is 15.4.